The molecule has 90 valence electrons. The molecule has 0 saturated carbocycles. The fraction of sp³-hybridized carbons (Fsp3) is 0.300. The first-order valence-corrected chi connectivity index (χ1v) is 4.92. The maximum atomic E-state index is 13.2. The van der Waals surface area contributed by atoms with E-state index in [1.807, 2.05) is 0 Å². The van der Waals surface area contributed by atoms with E-state index in [9.17, 15) is 9.18 Å². The summed E-state index contributed by atoms with van der Waals surface area (Å²) in [5.41, 5.74) is 5.43. The largest absolute Gasteiger partial charge is 0.355 e. The summed E-state index contributed by atoms with van der Waals surface area (Å²) in [5, 5.41) is 2.81. The summed E-state index contributed by atoms with van der Waals surface area (Å²) in [6, 6.07) is 4.33. The highest BCUT2D eigenvalue weighted by atomic mass is 35.5. The van der Waals surface area contributed by atoms with Gasteiger partial charge in [-0.25, -0.2) is 4.39 Å². The topological polar surface area (TPSA) is 55.1 Å². The summed E-state index contributed by atoms with van der Waals surface area (Å²) >= 11 is 5.76. The van der Waals surface area contributed by atoms with Gasteiger partial charge in [0.15, 0.2) is 0 Å². The summed E-state index contributed by atoms with van der Waals surface area (Å²) < 4.78 is 13.2. The molecule has 0 unspecified atom stereocenters. The van der Waals surface area contributed by atoms with E-state index in [1.165, 1.54) is 12.1 Å². The third-order valence-electron chi connectivity index (χ3n) is 1.87. The molecule has 0 aliphatic heterocycles. The summed E-state index contributed by atoms with van der Waals surface area (Å²) in [7, 11) is 0. The van der Waals surface area contributed by atoms with Gasteiger partial charge < -0.3 is 11.1 Å². The highest BCUT2D eigenvalue weighted by Crippen LogP contribution is 2.19. The first-order chi connectivity index (χ1) is 7.15. The third-order valence-corrected chi connectivity index (χ3v) is 2.22. The average molecular weight is 267 g/mol. The van der Waals surface area contributed by atoms with Crippen LogP contribution in [0, 0.1) is 5.82 Å². The Balaban J connectivity index is 0.00000225. The van der Waals surface area contributed by atoms with Crippen molar-refractivity contribution < 1.29 is 9.18 Å². The lowest BCUT2D eigenvalue weighted by molar-refractivity contribution is -0.120. The van der Waals surface area contributed by atoms with Crippen molar-refractivity contribution in [2.75, 3.05) is 13.1 Å². The van der Waals surface area contributed by atoms with E-state index in [1.54, 1.807) is 6.07 Å². The Bertz CT molecular complexity index is 340. The van der Waals surface area contributed by atoms with Gasteiger partial charge in [-0.15, -0.1) is 12.4 Å². The number of nitrogens with one attached hydrogen (secondary N) is 1. The minimum Gasteiger partial charge on any atom is -0.355 e. The Morgan fingerprint density at radius 3 is 2.75 bits per heavy atom. The zero-order valence-electron chi connectivity index (χ0n) is 8.50. The summed E-state index contributed by atoms with van der Waals surface area (Å²) in [5.74, 6) is -0.752. The fourth-order valence-electron chi connectivity index (χ4n) is 1.14. The zero-order chi connectivity index (χ0) is 11.3. The fourth-order valence-corrected chi connectivity index (χ4v) is 1.37. The molecule has 1 aromatic carbocycles. The molecule has 6 heteroatoms. The van der Waals surface area contributed by atoms with E-state index in [2.05, 4.69) is 5.32 Å². The molecule has 0 spiro atoms. The van der Waals surface area contributed by atoms with Crippen LogP contribution in [0.2, 0.25) is 5.02 Å². The number of benzene rings is 1. The molecular weight excluding hydrogens is 254 g/mol. The van der Waals surface area contributed by atoms with Crippen LogP contribution in [0.25, 0.3) is 0 Å². The van der Waals surface area contributed by atoms with Gasteiger partial charge in [0.25, 0.3) is 0 Å². The number of carbonyl (C=O) groups excluding carboxylic acids is 1. The van der Waals surface area contributed by atoms with Crippen LogP contribution in [-0.4, -0.2) is 19.0 Å². The van der Waals surface area contributed by atoms with Crippen LogP contribution in [0.5, 0.6) is 0 Å². The van der Waals surface area contributed by atoms with Crippen LogP contribution in [0.15, 0.2) is 18.2 Å². The maximum absolute atomic E-state index is 13.2. The van der Waals surface area contributed by atoms with Gasteiger partial charge >= 0.3 is 0 Å². The Morgan fingerprint density at radius 2 is 2.19 bits per heavy atom. The highest BCUT2D eigenvalue weighted by molar-refractivity contribution is 6.31. The maximum Gasteiger partial charge on any atom is 0.224 e. The van der Waals surface area contributed by atoms with Crippen LogP contribution in [0.3, 0.4) is 0 Å². The SMILES string of the molecule is Cl.NCCNC(=O)Cc1c(F)cccc1Cl. The first-order valence-electron chi connectivity index (χ1n) is 4.55. The van der Waals surface area contributed by atoms with Gasteiger partial charge in [-0.1, -0.05) is 17.7 Å². The molecule has 16 heavy (non-hydrogen) atoms. The van der Waals surface area contributed by atoms with Crippen molar-refractivity contribution >= 4 is 29.9 Å². The molecule has 0 aromatic heterocycles. The lowest BCUT2D eigenvalue weighted by Crippen LogP contribution is -2.30. The molecule has 0 fully saturated rings. The molecular formula is C10H13Cl2FN2O. The zero-order valence-corrected chi connectivity index (χ0v) is 10.1. The van der Waals surface area contributed by atoms with Crippen LogP contribution in [-0.2, 0) is 11.2 Å². The van der Waals surface area contributed by atoms with Gasteiger partial charge in [0.1, 0.15) is 5.82 Å². The second kappa shape index (κ2) is 7.44. The van der Waals surface area contributed by atoms with Crippen LogP contribution < -0.4 is 11.1 Å². The normalized spacial score (nSPS) is 9.44. The monoisotopic (exact) mass is 266 g/mol. The second-order valence-electron chi connectivity index (χ2n) is 3.02. The van der Waals surface area contributed by atoms with Gasteiger partial charge in [-0.05, 0) is 12.1 Å². The van der Waals surface area contributed by atoms with Crippen molar-refractivity contribution in [2.45, 2.75) is 6.42 Å². The number of halogens is 3. The Labute approximate surface area is 105 Å². The number of amides is 1. The molecule has 1 aromatic rings. The van der Waals surface area contributed by atoms with Gasteiger partial charge in [0.05, 0.1) is 6.42 Å². The van der Waals surface area contributed by atoms with E-state index in [4.69, 9.17) is 17.3 Å². The van der Waals surface area contributed by atoms with Gasteiger partial charge in [0, 0.05) is 23.7 Å². The molecule has 0 radical (unpaired) electrons. The van der Waals surface area contributed by atoms with E-state index in [-0.39, 0.29) is 35.3 Å². The third kappa shape index (κ3) is 4.35. The van der Waals surface area contributed by atoms with Crippen molar-refractivity contribution in [2.24, 2.45) is 5.73 Å². The molecule has 3 N–H and O–H groups in total. The first kappa shape index (κ1) is 15.2. The average Bonchev–Trinajstić information content (AvgIpc) is 2.21. The van der Waals surface area contributed by atoms with Gasteiger partial charge in [-0.3, -0.25) is 4.79 Å². The molecule has 0 aliphatic rings. The Hall–Kier alpha value is -0.840. The molecule has 3 nitrogen and oxygen atoms in total. The standard InChI is InChI=1S/C10H12ClFN2O.ClH/c11-8-2-1-3-9(12)7(8)6-10(15)14-5-4-13;/h1-3H,4-6,13H2,(H,14,15);1H. The molecule has 0 saturated heterocycles. The number of rotatable bonds is 4. The smallest absolute Gasteiger partial charge is 0.224 e. The Kier molecular flexibility index (Phi) is 7.05. The quantitative estimate of drug-likeness (QED) is 0.869. The molecule has 1 rings (SSSR count). The number of carbonyl (C=O) groups is 1. The Morgan fingerprint density at radius 1 is 1.50 bits per heavy atom. The van der Waals surface area contributed by atoms with Crippen molar-refractivity contribution in [3.8, 4) is 0 Å². The highest BCUT2D eigenvalue weighted by Gasteiger charge is 2.10. The number of hydrogen-bond donors (Lipinski definition) is 2. The van der Waals surface area contributed by atoms with Crippen LogP contribution in [0.4, 0.5) is 4.39 Å². The second-order valence-corrected chi connectivity index (χ2v) is 3.42. The van der Waals surface area contributed by atoms with Crippen molar-refractivity contribution in [3.05, 3.63) is 34.6 Å². The molecule has 0 heterocycles. The van der Waals surface area contributed by atoms with E-state index < -0.39 is 5.82 Å². The van der Waals surface area contributed by atoms with Crippen LogP contribution in [0.1, 0.15) is 5.56 Å². The van der Waals surface area contributed by atoms with Crippen molar-refractivity contribution in [1.82, 2.24) is 5.32 Å². The van der Waals surface area contributed by atoms with E-state index in [0.29, 0.717) is 13.1 Å². The predicted octanol–water partition coefficient (Wildman–Crippen LogP) is 1.52. The van der Waals surface area contributed by atoms with Gasteiger partial charge in [-0.2, -0.15) is 0 Å². The van der Waals surface area contributed by atoms with E-state index in [0.717, 1.165) is 0 Å². The van der Waals surface area contributed by atoms with Crippen molar-refractivity contribution in [1.29, 1.82) is 0 Å². The minimum atomic E-state index is -0.467. The molecule has 0 bridgehead atoms. The summed E-state index contributed by atoms with van der Waals surface area (Å²) in [6.45, 7) is 0.738. The summed E-state index contributed by atoms with van der Waals surface area (Å²) in [4.78, 5) is 11.3. The molecule has 0 atom stereocenters. The lowest BCUT2D eigenvalue weighted by Gasteiger charge is -2.06. The summed E-state index contributed by atoms with van der Waals surface area (Å²) in [6.07, 6.45) is -0.0640. The predicted molar refractivity (Wildman–Crippen MR) is 64.4 cm³/mol. The van der Waals surface area contributed by atoms with Gasteiger partial charge in [0.2, 0.25) is 5.91 Å². The minimum absolute atomic E-state index is 0. The molecule has 1 amide bonds. The molecule has 0 aliphatic carbocycles. The van der Waals surface area contributed by atoms with Crippen molar-refractivity contribution in [3.63, 3.8) is 0 Å². The lowest BCUT2D eigenvalue weighted by atomic mass is 10.1. The number of hydrogen-bond acceptors (Lipinski definition) is 2. The van der Waals surface area contributed by atoms with E-state index >= 15 is 0 Å². The number of nitrogens with two attached hydrogens (primary N) is 1. The van der Waals surface area contributed by atoms with Crippen LogP contribution >= 0.6 is 24.0 Å².